The minimum absolute atomic E-state index is 0.0385. The Morgan fingerprint density at radius 1 is 0.532 bits per heavy atom. The fraction of sp³-hybridized carbons (Fsp3) is 0.455. The fourth-order valence-corrected chi connectivity index (χ4v) is 6.75. The molecule has 0 saturated carbocycles. The van der Waals surface area contributed by atoms with Crippen LogP contribution in [-0.2, 0) is 36.8 Å². The Morgan fingerprint density at radius 2 is 0.894 bits per heavy atom. The smallest absolute Gasteiger partial charge is 0.122 e. The molecule has 3 nitrogen and oxygen atoms in total. The molecule has 0 aliphatic carbocycles. The van der Waals surface area contributed by atoms with Gasteiger partial charge in [-0.1, -0.05) is 140 Å². The number of phenols is 2. The van der Waals surface area contributed by atoms with Gasteiger partial charge in [0.25, 0.3) is 0 Å². The summed E-state index contributed by atoms with van der Waals surface area (Å²) in [6.45, 7) is 26.2. The second-order valence-electron chi connectivity index (χ2n) is 16.6. The van der Waals surface area contributed by atoms with Gasteiger partial charge in [0.1, 0.15) is 11.5 Å². The van der Waals surface area contributed by atoms with Gasteiger partial charge < -0.3 is 10.2 Å². The molecule has 2 N–H and O–H groups in total. The number of hydrogen-bond donors (Lipinski definition) is 2. The minimum Gasteiger partial charge on any atom is -0.507 e. The molecule has 252 valence electrons. The molecule has 0 aromatic heterocycles. The van der Waals surface area contributed by atoms with Gasteiger partial charge in [-0.2, -0.15) is 0 Å². The van der Waals surface area contributed by atoms with Crippen molar-refractivity contribution in [1.82, 2.24) is 4.90 Å². The number of nitrogens with zero attached hydrogens (tertiary/aromatic N) is 1. The first-order valence-electron chi connectivity index (χ1n) is 17.4. The first-order valence-corrected chi connectivity index (χ1v) is 17.4. The third-order valence-corrected chi connectivity index (χ3v) is 9.92. The lowest BCUT2D eigenvalue weighted by atomic mass is 9.78. The van der Waals surface area contributed by atoms with Crippen molar-refractivity contribution in [2.75, 3.05) is 0 Å². The molecule has 0 saturated heterocycles. The van der Waals surface area contributed by atoms with Crippen molar-refractivity contribution >= 4 is 0 Å². The molecule has 0 amide bonds. The van der Waals surface area contributed by atoms with E-state index >= 15 is 0 Å². The molecule has 4 aromatic carbocycles. The van der Waals surface area contributed by atoms with Crippen LogP contribution in [0.3, 0.4) is 0 Å². The molecular formula is C44H59NO2. The van der Waals surface area contributed by atoms with E-state index in [2.05, 4.69) is 154 Å². The molecule has 0 unspecified atom stereocenters. The Hall–Kier alpha value is -3.56. The van der Waals surface area contributed by atoms with Gasteiger partial charge in [-0.25, -0.2) is 0 Å². The first-order chi connectivity index (χ1) is 21.9. The van der Waals surface area contributed by atoms with E-state index in [-0.39, 0.29) is 28.2 Å². The Morgan fingerprint density at radius 3 is 1.23 bits per heavy atom. The van der Waals surface area contributed by atoms with E-state index in [1.807, 2.05) is 12.1 Å². The molecule has 0 atom stereocenters. The SMILES string of the molecule is CC(C)c1cccc(CC(C)(C)c2cccc(CN(Cc3cccc(C(C)(C)Cc4cccc(C(C)C)c4O)c3)C(C)(C)C)c2)c1O. The molecule has 4 rings (SSSR count). The van der Waals surface area contributed by atoms with Crippen molar-refractivity contribution in [2.24, 2.45) is 0 Å². The van der Waals surface area contributed by atoms with E-state index in [1.54, 1.807) is 0 Å². The number of benzene rings is 4. The van der Waals surface area contributed by atoms with E-state index in [4.69, 9.17) is 0 Å². The number of hydrogen-bond acceptors (Lipinski definition) is 3. The van der Waals surface area contributed by atoms with Crippen molar-refractivity contribution in [2.45, 2.75) is 130 Å². The fourth-order valence-electron chi connectivity index (χ4n) is 6.75. The van der Waals surface area contributed by atoms with Crippen molar-refractivity contribution in [3.63, 3.8) is 0 Å². The van der Waals surface area contributed by atoms with Crippen LogP contribution in [0.25, 0.3) is 0 Å². The number of phenolic OH excluding ortho intramolecular Hbond substituents is 2. The van der Waals surface area contributed by atoms with E-state index in [9.17, 15) is 10.2 Å². The summed E-state index contributed by atoms with van der Waals surface area (Å²) in [5.41, 5.74) is 8.88. The standard InChI is InChI=1S/C44H59NO2/c1-30(2)38-22-14-18-34(40(38)46)26-43(8,9)36-20-12-16-32(24-36)28-45(42(5,6)7)29-33-17-13-21-37(25-33)44(10,11)27-35-19-15-23-39(31(3)4)41(35)47/h12-25,30-31,46-47H,26-29H2,1-11H3. The molecule has 0 bridgehead atoms. The molecule has 0 fully saturated rings. The van der Waals surface area contributed by atoms with Gasteiger partial charge in [0.05, 0.1) is 0 Å². The van der Waals surface area contributed by atoms with Crippen LogP contribution < -0.4 is 0 Å². The maximum atomic E-state index is 11.0. The predicted molar refractivity (Wildman–Crippen MR) is 200 cm³/mol. The molecule has 4 aromatic rings. The maximum absolute atomic E-state index is 11.0. The van der Waals surface area contributed by atoms with Crippen molar-refractivity contribution in [3.8, 4) is 11.5 Å². The summed E-state index contributed by atoms with van der Waals surface area (Å²) >= 11 is 0. The second-order valence-corrected chi connectivity index (χ2v) is 16.6. The highest BCUT2D eigenvalue weighted by Gasteiger charge is 2.28. The molecule has 0 heterocycles. The lowest BCUT2D eigenvalue weighted by Crippen LogP contribution is -2.40. The van der Waals surface area contributed by atoms with E-state index in [1.165, 1.54) is 22.3 Å². The zero-order chi connectivity index (χ0) is 34.7. The highest BCUT2D eigenvalue weighted by molar-refractivity contribution is 5.45. The quantitative estimate of drug-likeness (QED) is 0.163. The van der Waals surface area contributed by atoms with Gasteiger partial charge in [0.2, 0.25) is 0 Å². The van der Waals surface area contributed by atoms with Crippen LogP contribution >= 0.6 is 0 Å². The Labute approximate surface area is 285 Å². The van der Waals surface area contributed by atoms with Crippen LogP contribution in [0.1, 0.15) is 133 Å². The molecule has 0 radical (unpaired) electrons. The van der Waals surface area contributed by atoms with E-state index < -0.39 is 0 Å². The largest absolute Gasteiger partial charge is 0.507 e. The summed E-state index contributed by atoms with van der Waals surface area (Å²) < 4.78 is 0. The van der Waals surface area contributed by atoms with Crippen LogP contribution in [-0.4, -0.2) is 20.7 Å². The van der Waals surface area contributed by atoms with Gasteiger partial charge in [-0.15, -0.1) is 0 Å². The summed E-state index contributed by atoms with van der Waals surface area (Å²) in [6, 6.07) is 30.4. The zero-order valence-corrected chi connectivity index (χ0v) is 30.9. The van der Waals surface area contributed by atoms with Crippen LogP contribution in [0.5, 0.6) is 11.5 Å². The minimum atomic E-state index is -0.140. The van der Waals surface area contributed by atoms with Crippen molar-refractivity contribution in [3.05, 3.63) is 129 Å². The Bertz CT molecular complexity index is 1540. The topological polar surface area (TPSA) is 43.7 Å². The second kappa shape index (κ2) is 14.3. The molecule has 0 aliphatic heterocycles. The van der Waals surface area contributed by atoms with Crippen LogP contribution in [0, 0.1) is 0 Å². The summed E-state index contributed by atoms with van der Waals surface area (Å²) in [7, 11) is 0. The third-order valence-electron chi connectivity index (χ3n) is 9.92. The van der Waals surface area contributed by atoms with Crippen molar-refractivity contribution in [1.29, 1.82) is 0 Å². The van der Waals surface area contributed by atoms with E-state index in [0.29, 0.717) is 11.5 Å². The summed E-state index contributed by atoms with van der Waals surface area (Å²) in [5, 5.41) is 22.1. The van der Waals surface area contributed by atoms with Crippen LogP contribution in [0.15, 0.2) is 84.9 Å². The molecule has 0 aliphatic rings. The molecule has 0 spiro atoms. The average Bonchev–Trinajstić information content (AvgIpc) is 2.98. The van der Waals surface area contributed by atoms with E-state index in [0.717, 1.165) is 48.2 Å². The zero-order valence-electron chi connectivity index (χ0n) is 30.9. The molecular weight excluding hydrogens is 574 g/mol. The van der Waals surface area contributed by atoms with Crippen LogP contribution in [0.2, 0.25) is 0 Å². The predicted octanol–water partition coefficient (Wildman–Crippen LogP) is 11.2. The maximum Gasteiger partial charge on any atom is 0.122 e. The normalized spacial score (nSPS) is 12.8. The van der Waals surface area contributed by atoms with Gasteiger partial charge >= 0.3 is 0 Å². The van der Waals surface area contributed by atoms with Crippen molar-refractivity contribution < 1.29 is 10.2 Å². The highest BCUT2D eigenvalue weighted by Crippen LogP contribution is 2.37. The Kier molecular flexibility index (Phi) is 11.0. The lowest BCUT2D eigenvalue weighted by molar-refractivity contribution is 0.118. The summed E-state index contributed by atoms with van der Waals surface area (Å²) in [4.78, 5) is 2.56. The van der Waals surface area contributed by atoms with Gasteiger partial charge in [-0.3, -0.25) is 4.90 Å². The molecule has 47 heavy (non-hydrogen) atoms. The monoisotopic (exact) mass is 633 g/mol. The summed E-state index contributed by atoms with van der Waals surface area (Å²) in [6.07, 6.45) is 1.54. The Balaban J connectivity index is 1.55. The first kappa shape index (κ1) is 36.3. The van der Waals surface area contributed by atoms with Gasteiger partial charge in [0.15, 0.2) is 0 Å². The number of aromatic hydroxyl groups is 2. The summed E-state index contributed by atoms with van der Waals surface area (Å²) in [5.74, 6) is 1.45. The average molecular weight is 634 g/mol. The highest BCUT2D eigenvalue weighted by atomic mass is 16.3. The molecule has 3 heteroatoms. The van der Waals surface area contributed by atoms with Gasteiger partial charge in [-0.05, 0) is 101 Å². The number of para-hydroxylation sites is 2. The van der Waals surface area contributed by atoms with Crippen LogP contribution in [0.4, 0.5) is 0 Å². The van der Waals surface area contributed by atoms with Gasteiger partial charge in [0, 0.05) is 18.6 Å². The lowest BCUT2D eigenvalue weighted by Gasteiger charge is -2.36. The third kappa shape index (κ3) is 8.87. The number of rotatable bonds is 12.